The number of rotatable bonds is 8. The SMILES string of the molecule is CCCCCCCCC=Cc1cccc2cc3cc4cc5ccccc5cc4cc3cc12. The summed E-state index contributed by atoms with van der Waals surface area (Å²) in [5.74, 6) is 0. The highest BCUT2D eigenvalue weighted by Gasteiger charge is 2.05. The van der Waals surface area contributed by atoms with Crippen LogP contribution in [0.1, 0.15) is 57.4 Å². The van der Waals surface area contributed by atoms with Crippen molar-refractivity contribution in [3.05, 3.63) is 90.5 Å². The van der Waals surface area contributed by atoms with Gasteiger partial charge in [-0.15, -0.1) is 0 Å². The van der Waals surface area contributed by atoms with Crippen LogP contribution in [-0.4, -0.2) is 0 Å². The molecule has 0 N–H and O–H groups in total. The van der Waals surface area contributed by atoms with Gasteiger partial charge in [0.05, 0.1) is 0 Å². The van der Waals surface area contributed by atoms with E-state index < -0.39 is 0 Å². The Morgan fingerprint density at radius 3 is 1.81 bits per heavy atom. The van der Waals surface area contributed by atoms with E-state index in [1.54, 1.807) is 0 Å². The monoisotopic (exact) mass is 416 g/mol. The molecule has 0 aliphatic heterocycles. The number of allylic oxidation sites excluding steroid dienone is 1. The van der Waals surface area contributed by atoms with Gasteiger partial charge >= 0.3 is 0 Å². The summed E-state index contributed by atoms with van der Waals surface area (Å²) in [6, 6.07) is 29.4. The Balaban J connectivity index is 1.44. The van der Waals surface area contributed by atoms with Crippen LogP contribution in [0.25, 0.3) is 49.2 Å². The fourth-order valence-corrected chi connectivity index (χ4v) is 4.89. The van der Waals surface area contributed by atoms with E-state index in [2.05, 4.69) is 97.9 Å². The number of fused-ring (bicyclic) bond motifs is 4. The summed E-state index contributed by atoms with van der Waals surface area (Å²) in [4.78, 5) is 0. The maximum atomic E-state index is 2.38. The second-order valence-electron chi connectivity index (χ2n) is 9.13. The van der Waals surface area contributed by atoms with Gasteiger partial charge < -0.3 is 0 Å². The van der Waals surface area contributed by atoms with E-state index in [-0.39, 0.29) is 0 Å². The van der Waals surface area contributed by atoms with Crippen molar-refractivity contribution in [1.82, 2.24) is 0 Å². The Bertz CT molecular complexity index is 1400. The lowest BCUT2D eigenvalue weighted by molar-refractivity contribution is 0.611. The molecule has 0 spiro atoms. The van der Waals surface area contributed by atoms with E-state index in [1.807, 2.05) is 0 Å². The van der Waals surface area contributed by atoms with Crippen molar-refractivity contribution in [3.8, 4) is 0 Å². The second kappa shape index (κ2) is 9.57. The molecule has 0 bridgehead atoms. The number of hydrogen-bond donors (Lipinski definition) is 0. The van der Waals surface area contributed by atoms with Crippen LogP contribution < -0.4 is 0 Å². The van der Waals surface area contributed by atoms with Crippen LogP contribution in [-0.2, 0) is 0 Å². The standard InChI is InChI=1S/C32H32/c1-2-3-4-5-6-7-8-9-13-24-16-12-17-27-20-30-21-28-18-25-14-10-11-15-26(25)19-29(28)22-31(30)23-32(24)27/h9-23H,2-8H2,1H3. The number of hydrogen-bond acceptors (Lipinski definition) is 0. The highest BCUT2D eigenvalue weighted by atomic mass is 14.1. The fraction of sp³-hybridized carbons (Fsp3) is 0.250. The highest BCUT2D eigenvalue weighted by Crippen LogP contribution is 2.31. The Labute approximate surface area is 191 Å². The van der Waals surface area contributed by atoms with E-state index in [0.717, 1.165) is 0 Å². The molecule has 0 saturated heterocycles. The topological polar surface area (TPSA) is 0 Å². The number of unbranched alkanes of at least 4 members (excludes halogenated alkanes) is 6. The van der Waals surface area contributed by atoms with E-state index >= 15 is 0 Å². The minimum absolute atomic E-state index is 1.17. The van der Waals surface area contributed by atoms with Crippen LogP contribution in [0.2, 0.25) is 0 Å². The molecule has 0 aliphatic rings. The van der Waals surface area contributed by atoms with E-state index in [1.165, 1.54) is 93.6 Å². The third-order valence-corrected chi connectivity index (χ3v) is 6.71. The van der Waals surface area contributed by atoms with Crippen molar-refractivity contribution in [2.45, 2.75) is 51.9 Å². The summed E-state index contributed by atoms with van der Waals surface area (Å²) < 4.78 is 0. The molecule has 5 aromatic carbocycles. The molecule has 0 saturated carbocycles. The normalized spacial score (nSPS) is 12.0. The summed E-state index contributed by atoms with van der Waals surface area (Å²) in [7, 11) is 0. The lowest BCUT2D eigenvalue weighted by Crippen LogP contribution is -1.83. The van der Waals surface area contributed by atoms with Crippen molar-refractivity contribution in [2.24, 2.45) is 0 Å². The Hall–Kier alpha value is -3.12. The minimum Gasteiger partial charge on any atom is -0.0839 e. The first-order chi connectivity index (χ1) is 15.8. The molecule has 32 heavy (non-hydrogen) atoms. The van der Waals surface area contributed by atoms with Crippen LogP contribution in [0.15, 0.2) is 84.9 Å². The maximum absolute atomic E-state index is 2.38. The average molecular weight is 417 g/mol. The van der Waals surface area contributed by atoms with E-state index in [0.29, 0.717) is 0 Å². The smallest absolute Gasteiger partial charge is 0.0105 e. The first-order valence-corrected chi connectivity index (χ1v) is 12.3. The van der Waals surface area contributed by atoms with Crippen LogP contribution in [0, 0.1) is 0 Å². The molecule has 0 radical (unpaired) electrons. The van der Waals surface area contributed by atoms with E-state index in [9.17, 15) is 0 Å². The van der Waals surface area contributed by atoms with Gasteiger partial charge in [0.1, 0.15) is 0 Å². The molecule has 160 valence electrons. The Morgan fingerprint density at radius 2 is 1.09 bits per heavy atom. The third-order valence-electron chi connectivity index (χ3n) is 6.71. The predicted octanol–water partition coefficient (Wildman–Crippen LogP) is 10.1. The fourth-order valence-electron chi connectivity index (χ4n) is 4.89. The predicted molar refractivity (Wildman–Crippen MR) is 143 cm³/mol. The molecule has 0 atom stereocenters. The molecule has 5 aromatic rings. The maximum Gasteiger partial charge on any atom is -0.0105 e. The lowest BCUT2D eigenvalue weighted by Gasteiger charge is -2.09. The van der Waals surface area contributed by atoms with Gasteiger partial charge in [0, 0.05) is 0 Å². The number of benzene rings is 5. The zero-order valence-electron chi connectivity index (χ0n) is 19.1. The third kappa shape index (κ3) is 4.41. The van der Waals surface area contributed by atoms with Gasteiger partial charge in [-0.2, -0.15) is 0 Å². The molecule has 0 fully saturated rings. The average Bonchev–Trinajstić information content (AvgIpc) is 2.82. The van der Waals surface area contributed by atoms with Gasteiger partial charge in [0.25, 0.3) is 0 Å². The molecule has 0 heteroatoms. The Morgan fingerprint density at radius 1 is 0.531 bits per heavy atom. The van der Waals surface area contributed by atoms with Crippen molar-refractivity contribution in [1.29, 1.82) is 0 Å². The second-order valence-corrected chi connectivity index (χ2v) is 9.13. The van der Waals surface area contributed by atoms with Gasteiger partial charge in [-0.05, 0) is 97.9 Å². The summed E-state index contributed by atoms with van der Waals surface area (Å²) in [6.07, 6.45) is 14.0. The van der Waals surface area contributed by atoms with Gasteiger partial charge in [-0.1, -0.05) is 93.6 Å². The van der Waals surface area contributed by atoms with Gasteiger partial charge in [-0.25, -0.2) is 0 Å². The van der Waals surface area contributed by atoms with Crippen LogP contribution in [0.4, 0.5) is 0 Å². The molecule has 0 heterocycles. The largest absolute Gasteiger partial charge is 0.0839 e. The molecule has 0 aliphatic carbocycles. The van der Waals surface area contributed by atoms with Crippen LogP contribution >= 0.6 is 0 Å². The zero-order valence-corrected chi connectivity index (χ0v) is 19.1. The van der Waals surface area contributed by atoms with Crippen molar-refractivity contribution >= 4 is 49.2 Å². The van der Waals surface area contributed by atoms with Gasteiger partial charge in [0.15, 0.2) is 0 Å². The molecule has 0 amide bonds. The van der Waals surface area contributed by atoms with E-state index in [4.69, 9.17) is 0 Å². The molecular formula is C32H32. The summed E-state index contributed by atoms with van der Waals surface area (Å²) >= 11 is 0. The minimum atomic E-state index is 1.17. The van der Waals surface area contributed by atoms with Crippen LogP contribution in [0.3, 0.4) is 0 Å². The summed E-state index contributed by atoms with van der Waals surface area (Å²) in [5.41, 5.74) is 1.33. The summed E-state index contributed by atoms with van der Waals surface area (Å²) in [6.45, 7) is 2.28. The van der Waals surface area contributed by atoms with Crippen LogP contribution in [0.5, 0.6) is 0 Å². The molecule has 0 aromatic heterocycles. The van der Waals surface area contributed by atoms with Gasteiger partial charge in [-0.3, -0.25) is 0 Å². The molecule has 0 unspecified atom stereocenters. The molecular weight excluding hydrogens is 384 g/mol. The zero-order chi connectivity index (χ0) is 21.8. The lowest BCUT2D eigenvalue weighted by atomic mass is 9.95. The quantitative estimate of drug-likeness (QED) is 0.174. The Kier molecular flexibility index (Phi) is 6.21. The van der Waals surface area contributed by atoms with Gasteiger partial charge in [0.2, 0.25) is 0 Å². The van der Waals surface area contributed by atoms with Crippen molar-refractivity contribution in [2.75, 3.05) is 0 Å². The first-order valence-electron chi connectivity index (χ1n) is 12.3. The first kappa shape index (κ1) is 20.8. The highest BCUT2D eigenvalue weighted by molar-refractivity contribution is 6.09. The molecule has 5 rings (SSSR count). The molecule has 0 nitrogen and oxygen atoms in total. The van der Waals surface area contributed by atoms with Crippen molar-refractivity contribution in [3.63, 3.8) is 0 Å². The van der Waals surface area contributed by atoms with Crippen molar-refractivity contribution < 1.29 is 0 Å². The summed E-state index contributed by atoms with van der Waals surface area (Å²) in [5, 5.41) is 10.5.